The Balaban J connectivity index is 1.82. The minimum atomic E-state index is -1.01. The number of fused-ring (bicyclic) bond motifs is 5. The van der Waals surface area contributed by atoms with Crippen LogP contribution in [0.2, 0.25) is 0 Å². The summed E-state index contributed by atoms with van der Waals surface area (Å²) in [5.41, 5.74) is 0.280. The first-order valence-electron chi connectivity index (χ1n) is 10.2. The SMILES string of the molecule is CC(C)c1ccc(OC(=O)C23CCC(C)(c4nc(C#N)c(C#N)nc42)C3(C)C)cc1. The number of carbonyl (C=O) groups excluding carboxylic acids is 1. The Hall–Kier alpha value is -3.25. The molecule has 1 heterocycles. The Morgan fingerprint density at radius 1 is 1.00 bits per heavy atom. The predicted molar refractivity (Wildman–Crippen MR) is 110 cm³/mol. The van der Waals surface area contributed by atoms with Gasteiger partial charge in [-0.25, -0.2) is 9.97 Å². The molecule has 0 aliphatic heterocycles. The second kappa shape index (κ2) is 6.37. The lowest BCUT2D eigenvalue weighted by molar-refractivity contribution is -0.145. The van der Waals surface area contributed by atoms with Crippen LogP contribution in [0.25, 0.3) is 0 Å². The van der Waals surface area contributed by atoms with Gasteiger partial charge in [0.15, 0.2) is 11.4 Å². The van der Waals surface area contributed by atoms with Crippen molar-refractivity contribution >= 4 is 5.97 Å². The molecule has 0 spiro atoms. The predicted octanol–water partition coefficient (Wildman–Crippen LogP) is 4.28. The van der Waals surface area contributed by atoms with Crippen LogP contribution in [-0.2, 0) is 15.6 Å². The van der Waals surface area contributed by atoms with E-state index in [0.717, 1.165) is 6.42 Å². The van der Waals surface area contributed by atoms with Gasteiger partial charge in [-0.15, -0.1) is 0 Å². The van der Waals surface area contributed by atoms with E-state index < -0.39 is 16.2 Å². The van der Waals surface area contributed by atoms with Crippen LogP contribution in [0.3, 0.4) is 0 Å². The van der Waals surface area contributed by atoms with Gasteiger partial charge in [0.05, 0.1) is 11.4 Å². The lowest BCUT2D eigenvalue weighted by atomic mass is 9.64. The van der Waals surface area contributed by atoms with Crippen LogP contribution in [0.4, 0.5) is 0 Å². The molecule has 1 aromatic heterocycles. The molecule has 0 radical (unpaired) electrons. The molecule has 30 heavy (non-hydrogen) atoms. The van der Waals surface area contributed by atoms with Gasteiger partial charge in [-0.05, 0) is 41.9 Å². The van der Waals surface area contributed by atoms with E-state index in [1.165, 1.54) is 5.56 Å². The highest BCUT2D eigenvalue weighted by atomic mass is 16.5. The van der Waals surface area contributed by atoms with Crippen LogP contribution < -0.4 is 4.74 Å². The van der Waals surface area contributed by atoms with Crippen molar-refractivity contribution in [2.45, 2.75) is 64.2 Å². The molecule has 1 aromatic carbocycles. The van der Waals surface area contributed by atoms with E-state index in [1.54, 1.807) is 0 Å². The summed E-state index contributed by atoms with van der Waals surface area (Å²) in [6.45, 7) is 10.3. The molecular formula is C24H24N4O2. The minimum Gasteiger partial charge on any atom is -0.426 e. The first-order chi connectivity index (χ1) is 14.1. The van der Waals surface area contributed by atoms with E-state index >= 15 is 0 Å². The fraction of sp³-hybridized carbons (Fsp3) is 0.458. The van der Waals surface area contributed by atoms with Crippen molar-refractivity contribution in [2.24, 2.45) is 5.41 Å². The van der Waals surface area contributed by atoms with Gasteiger partial charge in [-0.2, -0.15) is 10.5 Å². The molecule has 6 nitrogen and oxygen atoms in total. The zero-order valence-electron chi connectivity index (χ0n) is 17.9. The van der Waals surface area contributed by atoms with Gasteiger partial charge in [-0.1, -0.05) is 46.8 Å². The molecular weight excluding hydrogens is 376 g/mol. The summed E-state index contributed by atoms with van der Waals surface area (Å²) < 4.78 is 5.87. The van der Waals surface area contributed by atoms with E-state index in [2.05, 4.69) is 30.7 Å². The van der Waals surface area contributed by atoms with Crippen molar-refractivity contribution in [2.75, 3.05) is 0 Å². The second-order valence-electron chi connectivity index (χ2n) is 9.32. The van der Waals surface area contributed by atoms with Gasteiger partial charge in [0.2, 0.25) is 0 Å². The molecule has 6 heteroatoms. The summed E-state index contributed by atoms with van der Waals surface area (Å²) in [7, 11) is 0. The van der Waals surface area contributed by atoms with Crippen molar-refractivity contribution < 1.29 is 9.53 Å². The lowest BCUT2D eigenvalue weighted by Gasteiger charge is -2.38. The number of nitrogens with zero attached hydrogens (tertiary/aromatic N) is 4. The Morgan fingerprint density at radius 2 is 1.57 bits per heavy atom. The monoisotopic (exact) mass is 400 g/mol. The molecule has 2 aliphatic rings. The first-order valence-corrected chi connectivity index (χ1v) is 10.2. The summed E-state index contributed by atoms with van der Waals surface area (Å²) in [6, 6.07) is 11.5. The second-order valence-corrected chi connectivity index (χ2v) is 9.32. The van der Waals surface area contributed by atoms with Crippen molar-refractivity contribution in [1.29, 1.82) is 10.5 Å². The Labute approximate surface area is 176 Å². The van der Waals surface area contributed by atoms with Crippen molar-refractivity contribution in [3.63, 3.8) is 0 Å². The Bertz CT molecular complexity index is 1140. The van der Waals surface area contributed by atoms with Gasteiger partial charge in [0, 0.05) is 5.41 Å². The van der Waals surface area contributed by atoms with Crippen LogP contribution >= 0.6 is 0 Å². The maximum absolute atomic E-state index is 13.6. The van der Waals surface area contributed by atoms with E-state index in [-0.39, 0.29) is 17.4 Å². The van der Waals surface area contributed by atoms with E-state index in [9.17, 15) is 15.3 Å². The molecule has 4 rings (SSSR count). The van der Waals surface area contributed by atoms with Crippen LogP contribution in [0.15, 0.2) is 24.3 Å². The minimum absolute atomic E-state index is 0.00798. The summed E-state index contributed by atoms with van der Waals surface area (Å²) in [5.74, 6) is 0.493. The highest BCUT2D eigenvalue weighted by Crippen LogP contribution is 2.70. The van der Waals surface area contributed by atoms with Crippen LogP contribution in [-0.4, -0.2) is 15.9 Å². The summed E-state index contributed by atoms with van der Waals surface area (Å²) >= 11 is 0. The van der Waals surface area contributed by atoms with Crippen LogP contribution in [0, 0.1) is 28.1 Å². The Kier molecular flexibility index (Phi) is 4.26. The number of esters is 1. The molecule has 2 aliphatic carbocycles. The fourth-order valence-corrected chi connectivity index (χ4v) is 5.20. The molecule has 2 aromatic rings. The average molecular weight is 400 g/mol. The molecule has 1 saturated carbocycles. The van der Waals surface area contributed by atoms with E-state index in [4.69, 9.17) is 4.74 Å². The van der Waals surface area contributed by atoms with Crippen molar-refractivity contribution in [1.82, 2.24) is 9.97 Å². The largest absolute Gasteiger partial charge is 0.426 e. The van der Waals surface area contributed by atoms with Crippen LogP contribution in [0.5, 0.6) is 5.75 Å². The molecule has 2 unspecified atom stereocenters. The highest BCUT2D eigenvalue weighted by molar-refractivity contribution is 5.89. The number of benzene rings is 1. The number of hydrogen-bond donors (Lipinski definition) is 0. The third-order valence-electron chi connectivity index (χ3n) is 7.59. The molecule has 0 saturated heterocycles. The summed E-state index contributed by atoms with van der Waals surface area (Å²) in [6.07, 6.45) is 1.30. The van der Waals surface area contributed by atoms with Gasteiger partial charge in [0.25, 0.3) is 0 Å². The Morgan fingerprint density at radius 3 is 2.10 bits per heavy atom. The smallest absolute Gasteiger partial charge is 0.324 e. The molecule has 152 valence electrons. The standard InChI is InChI=1S/C24H24N4O2/c1-14(2)15-6-8-16(9-7-15)30-21(29)24-11-10-23(5,22(24,3)4)19-20(24)28-18(13-26)17(12-25)27-19/h6-9,14H,10-11H2,1-5H3. The van der Waals surface area contributed by atoms with E-state index in [0.29, 0.717) is 29.5 Å². The lowest BCUT2D eigenvalue weighted by Crippen LogP contribution is -2.48. The summed E-state index contributed by atoms with van der Waals surface area (Å²) in [5, 5.41) is 18.9. The highest BCUT2D eigenvalue weighted by Gasteiger charge is 2.74. The third kappa shape index (κ3) is 2.31. The quantitative estimate of drug-likeness (QED) is 0.563. The average Bonchev–Trinajstić information content (AvgIpc) is 3.02. The van der Waals surface area contributed by atoms with Gasteiger partial charge in [0.1, 0.15) is 23.3 Å². The number of nitriles is 2. The number of hydrogen-bond acceptors (Lipinski definition) is 6. The van der Waals surface area contributed by atoms with Gasteiger partial charge in [-0.3, -0.25) is 4.79 Å². The van der Waals surface area contributed by atoms with Gasteiger partial charge < -0.3 is 4.74 Å². The number of rotatable bonds is 3. The zero-order chi connectivity index (χ0) is 21.9. The molecule has 0 amide bonds. The normalized spacial score (nSPS) is 25.5. The van der Waals surface area contributed by atoms with Gasteiger partial charge >= 0.3 is 5.97 Å². The van der Waals surface area contributed by atoms with Crippen LogP contribution in [0.1, 0.15) is 81.7 Å². The first kappa shape index (κ1) is 20.0. The topological polar surface area (TPSA) is 99.7 Å². The van der Waals surface area contributed by atoms with Crippen molar-refractivity contribution in [3.8, 4) is 17.9 Å². The molecule has 2 bridgehead atoms. The third-order valence-corrected chi connectivity index (χ3v) is 7.59. The number of carbonyl (C=O) groups is 1. The fourth-order valence-electron chi connectivity index (χ4n) is 5.20. The molecule has 0 N–H and O–H groups in total. The van der Waals surface area contributed by atoms with Crippen molar-refractivity contribution in [3.05, 3.63) is 52.6 Å². The zero-order valence-corrected chi connectivity index (χ0v) is 17.9. The number of aromatic nitrogens is 2. The number of ether oxygens (including phenoxy) is 1. The molecule has 1 fully saturated rings. The summed E-state index contributed by atoms with van der Waals surface area (Å²) in [4.78, 5) is 22.6. The molecule has 2 atom stereocenters. The maximum atomic E-state index is 13.6. The maximum Gasteiger partial charge on any atom is 0.324 e. The van der Waals surface area contributed by atoms with E-state index in [1.807, 2.05) is 50.3 Å².